The van der Waals surface area contributed by atoms with E-state index in [4.69, 9.17) is 11.6 Å². The summed E-state index contributed by atoms with van der Waals surface area (Å²) in [6.07, 6.45) is 1.31. The summed E-state index contributed by atoms with van der Waals surface area (Å²) in [5.74, 6) is 0.0309. The highest BCUT2D eigenvalue weighted by atomic mass is 35.5. The molecule has 0 aromatic heterocycles. The third-order valence-corrected chi connectivity index (χ3v) is 2.63. The lowest BCUT2D eigenvalue weighted by Gasteiger charge is -2.03. The molecule has 2 amide bonds. The summed E-state index contributed by atoms with van der Waals surface area (Å²) in [4.78, 5) is 11.5. The number of halogens is 1. The quantitative estimate of drug-likeness (QED) is 0.599. The SMILES string of the molecule is O=C(N/N=C/c1cc(Cl)ccc1O)Nc1ccccc1. The van der Waals surface area contributed by atoms with Gasteiger partial charge in [-0.05, 0) is 30.3 Å². The monoisotopic (exact) mass is 289 g/mol. The Hall–Kier alpha value is -2.53. The molecule has 2 aromatic carbocycles. The Kier molecular flexibility index (Phi) is 4.57. The Morgan fingerprint density at radius 1 is 1.20 bits per heavy atom. The fourth-order valence-corrected chi connectivity index (χ4v) is 1.65. The van der Waals surface area contributed by atoms with E-state index in [1.165, 1.54) is 18.3 Å². The van der Waals surface area contributed by atoms with Crippen molar-refractivity contribution < 1.29 is 9.90 Å². The zero-order valence-electron chi connectivity index (χ0n) is 10.4. The molecular weight excluding hydrogens is 278 g/mol. The highest BCUT2D eigenvalue weighted by molar-refractivity contribution is 6.30. The molecule has 5 nitrogen and oxygen atoms in total. The number of para-hydroxylation sites is 1. The molecule has 6 heteroatoms. The number of carbonyl (C=O) groups excluding carboxylic acids is 1. The van der Waals surface area contributed by atoms with Crippen LogP contribution in [-0.4, -0.2) is 17.4 Å². The van der Waals surface area contributed by atoms with Crippen molar-refractivity contribution in [2.24, 2.45) is 5.10 Å². The maximum Gasteiger partial charge on any atom is 0.339 e. The number of nitrogens with one attached hydrogen (secondary N) is 2. The summed E-state index contributed by atoms with van der Waals surface area (Å²) in [5.41, 5.74) is 3.36. The van der Waals surface area contributed by atoms with Gasteiger partial charge in [0, 0.05) is 16.3 Å². The second-order valence-electron chi connectivity index (χ2n) is 3.89. The van der Waals surface area contributed by atoms with Gasteiger partial charge in [-0.15, -0.1) is 0 Å². The van der Waals surface area contributed by atoms with E-state index in [1.807, 2.05) is 18.2 Å². The largest absolute Gasteiger partial charge is 0.507 e. The smallest absolute Gasteiger partial charge is 0.339 e. The van der Waals surface area contributed by atoms with E-state index in [0.717, 1.165) is 0 Å². The van der Waals surface area contributed by atoms with Crippen LogP contribution >= 0.6 is 11.6 Å². The first-order chi connectivity index (χ1) is 9.65. The molecule has 102 valence electrons. The second-order valence-corrected chi connectivity index (χ2v) is 4.33. The number of hydrazone groups is 1. The summed E-state index contributed by atoms with van der Waals surface area (Å²) >= 11 is 5.79. The van der Waals surface area contributed by atoms with Gasteiger partial charge in [-0.3, -0.25) is 0 Å². The van der Waals surface area contributed by atoms with Gasteiger partial charge in [0.05, 0.1) is 6.21 Å². The van der Waals surface area contributed by atoms with Crippen molar-refractivity contribution in [1.82, 2.24) is 5.43 Å². The number of benzene rings is 2. The van der Waals surface area contributed by atoms with Gasteiger partial charge in [0.1, 0.15) is 5.75 Å². The zero-order chi connectivity index (χ0) is 14.4. The number of urea groups is 1. The maximum absolute atomic E-state index is 11.5. The topological polar surface area (TPSA) is 73.7 Å². The van der Waals surface area contributed by atoms with Gasteiger partial charge in [-0.2, -0.15) is 5.10 Å². The predicted molar refractivity (Wildman–Crippen MR) is 79.3 cm³/mol. The highest BCUT2D eigenvalue weighted by Gasteiger charge is 2.00. The van der Waals surface area contributed by atoms with Crippen LogP contribution in [0.15, 0.2) is 53.6 Å². The molecule has 0 aliphatic carbocycles. The third kappa shape index (κ3) is 4.00. The van der Waals surface area contributed by atoms with Crippen LogP contribution in [0.1, 0.15) is 5.56 Å². The molecule has 0 atom stereocenters. The Morgan fingerprint density at radius 3 is 2.70 bits per heavy atom. The summed E-state index contributed by atoms with van der Waals surface area (Å²) in [6, 6.07) is 13.1. The number of aromatic hydroxyl groups is 1. The Labute approximate surface area is 120 Å². The van der Waals surface area contributed by atoms with Gasteiger partial charge in [0.2, 0.25) is 0 Å². The number of phenols is 1. The summed E-state index contributed by atoms with van der Waals surface area (Å²) < 4.78 is 0. The van der Waals surface area contributed by atoms with Crippen LogP contribution in [0.2, 0.25) is 5.02 Å². The maximum atomic E-state index is 11.5. The molecule has 0 unspecified atom stereocenters. The van der Waals surface area contributed by atoms with Crippen LogP contribution in [0.4, 0.5) is 10.5 Å². The van der Waals surface area contributed by atoms with Crippen molar-refractivity contribution >= 4 is 29.5 Å². The number of anilines is 1. The van der Waals surface area contributed by atoms with Crippen LogP contribution in [-0.2, 0) is 0 Å². The molecule has 0 saturated carbocycles. The van der Waals surface area contributed by atoms with E-state index in [2.05, 4.69) is 15.8 Å². The first-order valence-electron chi connectivity index (χ1n) is 5.79. The van der Waals surface area contributed by atoms with E-state index in [9.17, 15) is 9.90 Å². The molecule has 0 radical (unpaired) electrons. The molecule has 20 heavy (non-hydrogen) atoms. The second kappa shape index (κ2) is 6.58. The standard InChI is InChI=1S/C14H12ClN3O2/c15-11-6-7-13(19)10(8-11)9-16-18-14(20)17-12-4-2-1-3-5-12/h1-9,19H,(H2,17,18,20)/b16-9+. The Bertz CT molecular complexity index is 630. The van der Waals surface area contributed by atoms with E-state index in [-0.39, 0.29) is 5.75 Å². The number of nitrogens with zero attached hydrogens (tertiary/aromatic N) is 1. The molecule has 0 fully saturated rings. The fourth-order valence-electron chi connectivity index (χ4n) is 1.47. The lowest BCUT2D eigenvalue weighted by Crippen LogP contribution is -2.24. The average molecular weight is 290 g/mol. The number of carbonyl (C=O) groups is 1. The van der Waals surface area contributed by atoms with Crippen LogP contribution in [0, 0.1) is 0 Å². The fraction of sp³-hybridized carbons (Fsp3) is 0. The van der Waals surface area contributed by atoms with Gasteiger partial charge in [0.15, 0.2) is 0 Å². The number of hydrogen-bond acceptors (Lipinski definition) is 3. The number of phenolic OH excluding ortho intramolecular Hbond substituents is 1. The van der Waals surface area contributed by atoms with Gasteiger partial charge >= 0.3 is 6.03 Å². The van der Waals surface area contributed by atoms with Crippen molar-refractivity contribution in [3.63, 3.8) is 0 Å². The lowest BCUT2D eigenvalue weighted by atomic mass is 10.2. The van der Waals surface area contributed by atoms with Gasteiger partial charge in [-0.1, -0.05) is 29.8 Å². The van der Waals surface area contributed by atoms with Crippen molar-refractivity contribution in [1.29, 1.82) is 0 Å². The van der Waals surface area contributed by atoms with Crippen LogP contribution < -0.4 is 10.7 Å². The molecule has 0 aliphatic heterocycles. The third-order valence-electron chi connectivity index (χ3n) is 2.39. The van der Waals surface area contributed by atoms with Crippen molar-refractivity contribution in [2.45, 2.75) is 0 Å². The van der Waals surface area contributed by atoms with E-state index in [0.29, 0.717) is 16.3 Å². The molecule has 3 N–H and O–H groups in total. The molecular formula is C14H12ClN3O2. The number of rotatable bonds is 3. The van der Waals surface area contributed by atoms with Crippen LogP contribution in [0.5, 0.6) is 5.75 Å². The molecule has 2 rings (SSSR count). The minimum atomic E-state index is -0.478. The van der Waals surface area contributed by atoms with Gasteiger partial charge in [0.25, 0.3) is 0 Å². The molecule has 2 aromatic rings. The summed E-state index contributed by atoms with van der Waals surface area (Å²) in [5, 5.41) is 16.4. The highest BCUT2D eigenvalue weighted by Crippen LogP contribution is 2.19. The van der Waals surface area contributed by atoms with E-state index < -0.39 is 6.03 Å². The molecule has 0 aliphatic rings. The minimum Gasteiger partial charge on any atom is -0.507 e. The predicted octanol–water partition coefficient (Wildman–Crippen LogP) is 3.20. The number of hydrogen-bond donors (Lipinski definition) is 3. The summed E-state index contributed by atoms with van der Waals surface area (Å²) in [7, 11) is 0. The molecule has 0 saturated heterocycles. The number of amides is 2. The molecule has 0 bridgehead atoms. The average Bonchev–Trinajstić information content (AvgIpc) is 2.44. The summed E-state index contributed by atoms with van der Waals surface area (Å²) in [6.45, 7) is 0. The van der Waals surface area contributed by atoms with Crippen molar-refractivity contribution in [3.05, 3.63) is 59.1 Å². The van der Waals surface area contributed by atoms with Crippen molar-refractivity contribution in [2.75, 3.05) is 5.32 Å². The molecule has 0 heterocycles. The van der Waals surface area contributed by atoms with Crippen LogP contribution in [0.25, 0.3) is 0 Å². The first kappa shape index (κ1) is 13.9. The van der Waals surface area contributed by atoms with Gasteiger partial charge in [-0.25, -0.2) is 10.2 Å². The van der Waals surface area contributed by atoms with Gasteiger partial charge < -0.3 is 10.4 Å². The Balaban J connectivity index is 1.93. The lowest BCUT2D eigenvalue weighted by molar-refractivity contribution is 0.252. The minimum absolute atomic E-state index is 0.0309. The Morgan fingerprint density at radius 2 is 1.95 bits per heavy atom. The first-order valence-corrected chi connectivity index (χ1v) is 6.16. The van der Waals surface area contributed by atoms with Crippen LogP contribution in [0.3, 0.4) is 0 Å². The van der Waals surface area contributed by atoms with E-state index in [1.54, 1.807) is 18.2 Å². The van der Waals surface area contributed by atoms with E-state index >= 15 is 0 Å². The zero-order valence-corrected chi connectivity index (χ0v) is 11.1. The molecule has 0 spiro atoms. The van der Waals surface area contributed by atoms with Crippen molar-refractivity contribution in [3.8, 4) is 5.75 Å². The normalized spacial score (nSPS) is 10.4.